The summed E-state index contributed by atoms with van der Waals surface area (Å²) in [6, 6.07) is 4.00. The fraction of sp³-hybridized carbons (Fsp3) is 0.500. The highest BCUT2D eigenvalue weighted by atomic mass is 16.5. The number of phenols is 2. The number of nitrogens with zero attached hydrogens (tertiary/aromatic N) is 1. The van der Waals surface area contributed by atoms with Crippen molar-refractivity contribution < 1.29 is 19.7 Å². The molecule has 1 fully saturated rings. The number of carbonyl (C=O) groups is 1. The predicted octanol–water partition coefficient (Wildman–Crippen LogP) is 1.60. The molecule has 1 aromatic rings. The van der Waals surface area contributed by atoms with Crippen molar-refractivity contribution >= 4 is 5.91 Å². The first-order chi connectivity index (χ1) is 9.08. The maximum absolute atomic E-state index is 12.2. The molecule has 0 radical (unpaired) electrons. The molecule has 0 bridgehead atoms. The Bertz CT molecular complexity index is 455. The van der Waals surface area contributed by atoms with Gasteiger partial charge < -0.3 is 19.8 Å². The van der Waals surface area contributed by atoms with Gasteiger partial charge in [0.2, 0.25) is 0 Å². The van der Waals surface area contributed by atoms with E-state index >= 15 is 0 Å². The first-order valence-corrected chi connectivity index (χ1v) is 6.43. The van der Waals surface area contributed by atoms with Gasteiger partial charge in [0, 0.05) is 26.3 Å². The maximum atomic E-state index is 12.2. The number of benzene rings is 1. The van der Waals surface area contributed by atoms with Crippen LogP contribution in [0.4, 0.5) is 0 Å². The van der Waals surface area contributed by atoms with Crippen LogP contribution >= 0.6 is 0 Å². The largest absolute Gasteiger partial charge is 0.508 e. The topological polar surface area (TPSA) is 70.0 Å². The molecule has 1 atom stereocenters. The zero-order chi connectivity index (χ0) is 13.8. The molecule has 0 saturated carbocycles. The maximum Gasteiger partial charge on any atom is 0.257 e. The van der Waals surface area contributed by atoms with Crippen LogP contribution in [-0.4, -0.2) is 47.8 Å². The molecule has 0 spiro atoms. The summed E-state index contributed by atoms with van der Waals surface area (Å²) in [5, 5.41) is 18.9. The summed E-state index contributed by atoms with van der Waals surface area (Å²) in [6.45, 7) is 2.09. The summed E-state index contributed by atoms with van der Waals surface area (Å²) < 4.78 is 5.39. The second-order valence-corrected chi connectivity index (χ2v) is 4.97. The standard InChI is InChI=1S/C14H19NO4/c1-15(8-10-3-2-6-19-9-10)14(18)12-5-4-11(16)7-13(12)17/h4-5,7,10,16-17H,2-3,6,8-9H2,1H3. The van der Waals surface area contributed by atoms with E-state index in [9.17, 15) is 15.0 Å². The Labute approximate surface area is 112 Å². The highest BCUT2D eigenvalue weighted by Crippen LogP contribution is 2.24. The summed E-state index contributed by atoms with van der Waals surface area (Å²) in [5.41, 5.74) is 0.206. The van der Waals surface area contributed by atoms with Gasteiger partial charge in [-0.3, -0.25) is 4.79 Å². The van der Waals surface area contributed by atoms with Crippen molar-refractivity contribution in [3.63, 3.8) is 0 Å². The van der Waals surface area contributed by atoms with Crippen molar-refractivity contribution in [2.24, 2.45) is 5.92 Å². The number of hydrogen-bond acceptors (Lipinski definition) is 4. The quantitative estimate of drug-likeness (QED) is 0.871. The van der Waals surface area contributed by atoms with Crippen molar-refractivity contribution in [1.29, 1.82) is 0 Å². The van der Waals surface area contributed by atoms with Crippen molar-refractivity contribution in [2.75, 3.05) is 26.8 Å². The van der Waals surface area contributed by atoms with Gasteiger partial charge in [-0.1, -0.05) is 0 Å². The SMILES string of the molecule is CN(CC1CCCOC1)C(=O)c1ccc(O)cc1O. The van der Waals surface area contributed by atoms with Crippen molar-refractivity contribution in [2.45, 2.75) is 12.8 Å². The van der Waals surface area contributed by atoms with Crippen LogP contribution in [0.2, 0.25) is 0 Å². The molecule has 1 unspecified atom stereocenters. The minimum Gasteiger partial charge on any atom is -0.508 e. The number of rotatable bonds is 3. The van der Waals surface area contributed by atoms with Gasteiger partial charge in [-0.25, -0.2) is 0 Å². The van der Waals surface area contributed by atoms with Crippen LogP contribution in [-0.2, 0) is 4.74 Å². The molecule has 0 aromatic heterocycles. The predicted molar refractivity (Wildman–Crippen MR) is 70.3 cm³/mol. The van der Waals surface area contributed by atoms with Crippen LogP contribution in [0.25, 0.3) is 0 Å². The van der Waals surface area contributed by atoms with E-state index in [0.717, 1.165) is 19.4 Å². The molecule has 1 aliphatic rings. The summed E-state index contributed by atoms with van der Waals surface area (Å²) >= 11 is 0. The molecular weight excluding hydrogens is 246 g/mol. The van der Waals surface area contributed by atoms with Crippen molar-refractivity contribution in [1.82, 2.24) is 4.90 Å². The Morgan fingerprint density at radius 3 is 2.89 bits per heavy atom. The van der Waals surface area contributed by atoms with E-state index in [4.69, 9.17) is 4.74 Å². The molecule has 19 heavy (non-hydrogen) atoms. The molecule has 2 rings (SSSR count). The van der Waals surface area contributed by atoms with Gasteiger partial charge in [-0.05, 0) is 30.9 Å². The first-order valence-electron chi connectivity index (χ1n) is 6.43. The molecule has 5 nitrogen and oxygen atoms in total. The van der Waals surface area contributed by atoms with E-state index in [1.165, 1.54) is 18.2 Å². The van der Waals surface area contributed by atoms with Crippen LogP contribution in [0.1, 0.15) is 23.2 Å². The average Bonchev–Trinajstić information content (AvgIpc) is 2.39. The molecule has 1 heterocycles. The molecule has 2 N–H and O–H groups in total. The monoisotopic (exact) mass is 265 g/mol. The summed E-state index contributed by atoms with van der Waals surface area (Å²) in [6.07, 6.45) is 2.08. The Morgan fingerprint density at radius 1 is 1.47 bits per heavy atom. The normalized spacial score (nSPS) is 19.1. The highest BCUT2D eigenvalue weighted by Gasteiger charge is 2.21. The number of ether oxygens (including phenoxy) is 1. The number of carbonyl (C=O) groups excluding carboxylic acids is 1. The Balaban J connectivity index is 2.01. The highest BCUT2D eigenvalue weighted by molar-refractivity contribution is 5.96. The van der Waals surface area contributed by atoms with Crippen LogP contribution in [0, 0.1) is 5.92 Å². The van der Waals surface area contributed by atoms with Crippen LogP contribution in [0.5, 0.6) is 11.5 Å². The summed E-state index contributed by atoms with van der Waals surface area (Å²) in [7, 11) is 1.71. The molecule has 1 amide bonds. The van der Waals surface area contributed by atoms with E-state index in [-0.39, 0.29) is 23.0 Å². The third kappa shape index (κ3) is 3.38. The van der Waals surface area contributed by atoms with Gasteiger partial charge in [-0.2, -0.15) is 0 Å². The van der Waals surface area contributed by atoms with Gasteiger partial charge in [0.15, 0.2) is 0 Å². The fourth-order valence-corrected chi connectivity index (χ4v) is 2.33. The van der Waals surface area contributed by atoms with Gasteiger partial charge in [-0.15, -0.1) is 0 Å². The lowest BCUT2D eigenvalue weighted by Crippen LogP contribution is -2.35. The zero-order valence-corrected chi connectivity index (χ0v) is 11.0. The van der Waals surface area contributed by atoms with Crippen molar-refractivity contribution in [3.8, 4) is 11.5 Å². The smallest absolute Gasteiger partial charge is 0.257 e. The zero-order valence-electron chi connectivity index (χ0n) is 11.0. The lowest BCUT2D eigenvalue weighted by atomic mass is 10.0. The second kappa shape index (κ2) is 5.93. The minimum atomic E-state index is -0.247. The lowest BCUT2D eigenvalue weighted by molar-refractivity contribution is 0.0388. The molecule has 1 aliphatic heterocycles. The summed E-state index contributed by atoms with van der Waals surface area (Å²) in [5.74, 6) is -0.154. The van der Waals surface area contributed by atoms with Crippen LogP contribution in [0.15, 0.2) is 18.2 Å². The average molecular weight is 265 g/mol. The lowest BCUT2D eigenvalue weighted by Gasteiger charge is -2.27. The third-order valence-corrected chi connectivity index (χ3v) is 3.35. The van der Waals surface area contributed by atoms with Crippen molar-refractivity contribution in [3.05, 3.63) is 23.8 Å². The number of amides is 1. The van der Waals surface area contributed by atoms with E-state index in [1.807, 2.05) is 0 Å². The van der Waals surface area contributed by atoms with Crippen LogP contribution in [0.3, 0.4) is 0 Å². The second-order valence-electron chi connectivity index (χ2n) is 4.97. The van der Waals surface area contributed by atoms with E-state index < -0.39 is 0 Å². The van der Waals surface area contributed by atoms with Gasteiger partial charge >= 0.3 is 0 Å². The number of phenolic OH excluding ortho intramolecular Hbond substituents is 2. The molecule has 0 aliphatic carbocycles. The number of hydrogen-bond donors (Lipinski definition) is 2. The van der Waals surface area contributed by atoms with E-state index in [0.29, 0.717) is 19.1 Å². The molecule has 1 aromatic carbocycles. The van der Waals surface area contributed by atoms with Gasteiger partial charge in [0.05, 0.1) is 12.2 Å². The molecule has 5 heteroatoms. The van der Waals surface area contributed by atoms with Gasteiger partial charge in [0.25, 0.3) is 5.91 Å². The van der Waals surface area contributed by atoms with E-state index in [2.05, 4.69) is 0 Å². The fourth-order valence-electron chi connectivity index (χ4n) is 2.33. The first kappa shape index (κ1) is 13.7. The molecular formula is C14H19NO4. The summed E-state index contributed by atoms with van der Waals surface area (Å²) in [4.78, 5) is 13.8. The third-order valence-electron chi connectivity index (χ3n) is 3.35. The Hall–Kier alpha value is -1.75. The molecule has 104 valence electrons. The Kier molecular flexibility index (Phi) is 4.27. The van der Waals surface area contributed by atoms with Crippen LogP contribution < -0.4 is 0 Å². The minimum absolute atomic E-state index is 0.0580. The molecule has 1 saturated heterocycles. The van der Waals surface area contributed by atoms with Gasteiger partial charge in [0.1, 0.15) is 11.5 Å². The van der Waals surface area contributed by atoms with E-state index in [1.54, 1.807) is 11.9 Å². The number of aromatic hydroxyl groups is 2. The Morgan fingerprint density at radius 2 is 2.26 bits per heavy atom.